The molecule has 88 valence electrons. The van der Waals surface area contributed by atoms with Gasteiger partial charge in [0.15, 0.2) is 5.78 Å². The van der Waals surface area contributed by atoms with E-state index in [9.17, 15) is 14.9 Å². The predicted octanol–water partition coefficient (Wildman–Crippen LogP) is 2.98. The first-order chi connectivity index (χ1) is 8.01. The molecule has 0 fully saturated rings. The smallest absolute Gasteiger partial charge is 0.281 e. The molecule has 17 heavy (non-hydrogen) atoms. The average molecular weight is 253 g/mol. The van der Waals surface area contributed by atoms with Crippen LogP contribution in [0.25, 0.3) is 0 Å². The van der Waals surface area contributed by atoms with Gasteiger partial charge in [-0.05, 0) is 18.6 Å². The zero-order chi connectivity index (χ0) is 13.0. The lowest BCUT2D eigenvalue weighted by atomic mass is 9.95. The fourth-order valence-corrected chi connectivity index (χ4v) is 1.55. The minimum absolute atomic E-state index is 0.0761. The van der Waals surface area contributed by atoms with Gasteiger partial charge in [-0.2, -0.15) is 5.26 Å². The quantitative estimate of drug-likeness (QED) is 0.468. The van der Waals surface area contributed by atoms with Crippen molar-refractivity contribution in [3.05, 3.63) is 38.9 Å². The molecule has 1 rings (SSSR count). The number of nitriles is 1. The predicted molar refractivity (Wildman–Crippen MR) is 61.8 cm³/mol. The molecule has 0 aliphatic heterocycles. The average Bonchev–Trinajstić information content (AvgIpc) is 2.30. The number of carbonyl (C=O) groups excluding carboxylic acids is 1. The molecule has 0 spiro atoms. The number of nitro groups is 1. The van der Waals surface area contributed by atoms with Gasteiger partial charge in [0.1, 0.15) is 5.92 Å². The number of halogens is 1. The molecule has 0 saturated heterocycles. The Bertz CT molecular complexity index is 508. The van der Waals surface area contributed by atoms with Gasteiger partial charge >= 0.3 is 0 Å². The number of Topliss-reactive ketones (excluding diaryl/α,β-unsaturated/α-hetero) is 1. The Kier molecular flexibility index (Phi) is 4.18. The van der Waals surface area contributed by atoms with Gasteiger partial charge in [0.05, 0.1) is 16.6 Å². The van der Waals surface area contributed by atoms with E-state index in [-0.39, 0.29) is 16.3 Å². The molecule has 0 amide bonds. The molecule has 0 N–H and O–H groups in total. The summed E-state index contributed by atoms with van der Waals surface area (Å²) in [6.45, 7) is 1.67. The summed E-state index contributed by atoms with van der Waals surface area (Å²) < 4.78 is 0. The van der Waals surface area contributed by atoms with Crippen LogP contribution < -0.4 is 0 Å². The molecule has 1 unspecified atom stereocenters. The van der Waals surface area contributed by atoms with Gasteiger partial charge in [-0.3, -0.25) is 14.9 Å². The summed E-state index contributed by atoms with van der Waals surface area (Å²) in [5.74, 6) is -1.41. The number of carbonyl (C=O) groups is 1. The van der Waals surface area contributed by atoms with Crippen molar-refractivity contribution in [1.29, 1.82) is 5.26 Å². The number of nitro benzene ring substituents is 1. The van der Waals surface area contributed by atoms with E-state index in [0.717, 1.165) is 6.07 Å². The number of hydrogen-bond donors (Lipinski definition) is 0. The zero-order valence-electron chi connectivity index (χ0n) is 9.01. The van der Waals surface area contributed by atoms with E-state index in [1.54, 1.807) is 6.92 Å². The van der Waals surface area contributed by atoms with E-state index in [1.165, 1.54) is 12.1 Å². The summed E-state index contributed by atoms with van der Waals surface area (Å²) in [5.41, 5.74) is -0.441. The second-order valence-corrected chi connectivity index (χ2v) is 3.81. The standard InChI is InChI=1S/C11H9ClN2O3/c1-2-7(6-13)11(15)9-4-3-8(12)5-10(9)14(16)17/h3-5,7H,2H2,1H3. The highest BCUT2D eigenvalue weighted by Gasteiger charge is 2.25. The van der Waals surface area contributed by atoms with Crippen LogP contribution in [0.2, 0.25) is 5.02 Å². The van der Waals surface area contributed by atoms with Crippen LogP contribution in [-0.2, 0) is 0 Å². The van der Waals surface area contributed by atoms with E-state index in [4.69, 9.17) is 16.9 Å². The Morgan fingerprint density at radius 2 is 2.29 bits per heavy atom. The van der Waals surface area contributed by atoms with Crippen molar-refractivity contribution < 1.29 is 9.72 Å². The first-order valence-electron chi connectivity index (χ1n) is 4.89. The van der Waals surface area contributed by atoms with E-state index >= 15 is 0 Å². The molecular formula is C11H9ClN2O3. The zero-order valence-corrected chi connectivity index (χ0v) is 9.77. The van der Waals surface area contributed by atoms with Gasteiger partial charge in [0.25, 0.3) is 5.69 Å². The number of hydrogen-bond acceptors (Lipinski definition) is 4. The van der Waals surface area contributed by atoms with E-state index in [1.807, 2.05) is 6.07 Å². The van der Waals surface area contributed by atoms with Crippen LogP contribution in [0.3, 0.4) is 0 Å². The first kappa shape index (κ1) is 13.1. The largest absolute Gasteiger partial charge is 0.292 e. The van der Waals surface area contributed by atoms with Crippen LogP contribution in [-0.4, -0.2) is 10.7 Å². The maximum atomic E-state index is 11.9. The third kappa shape index (κ3) is 2.80. The van der Waals surface area contributed by atoms with Crippen LogP contribution in [0.1, 0.15) is 23.7 Å². The lowest BCUT2D eigenvalue weighted by Crippen LogP contribution is -2.13. The Balaban J connectivity index is 3.27. The van der Waals surface area contributed by atoms with Crippen molar-refractivity contribution in [3.8, 4) is 6.07 Å². The number of benzene rings is 1. The van der Waals surface area contributed by atoms with E-state index < -0.39 is 16.6 Å². The highest BCUT2D eigenvalue weighted by atomic mass is 35.5. The van der Waals surface area contributed by atoms with Crippen molar-refractivity contribution in [2.75, 3.05) is 0 Å². The molecule has 0 aromatic heterocycles. The SMILES string of the molecule is CCC(C#N)C(=O)c1ccc(Cl)cc1[N+](=O)[O-]. The highest BCUT2D eigenvalue weighted by Crippen LogP contribution is 2.26. The van der Waals surface area contributed by atoms with Gasteiger partial charge in [-0.1, -0.05) is 18.5 Å². The normalized spacial score (nSPS) is 11.6. The summed E-state index contributed by atoms with van der Waals surface area (Å²) in [6.07, 6.45) is 0.315. The molecule has 0 aliphatic carbocycles. The molecule has 0 aliphatic rings. The molecular weight excluding hydrogens is 244 g/mol. The number of rotatable bonds is 4. The van der Waals surface area contributed by atoms with E-state index in [2.05, 4.69) is 0 Å². The fourth-order valence-electron chi connectivity index (χ4n) is 1.39. The molecule has 0 saturated carbocycles. The lowest BCUT2D eigenvalue weighted by Gasteiger charge is -2.05. The summed E-state index contributed by atoms with van der Waals surface area (Å²) >= 11 is 5.63. The minimum atomic E-state index is -0.866. The topological polar surface area (TPSA) is 84.0 Å². The first-order valence-corrected chi connectivity index (χ1v) is 5.26. The Hall–Kier alpha value is -1.93. The van der Waals surface area contributed by atoms with Gasteiger partial charge in [0.2, 0.25) is 0 Å². The van der Waals surface area contributed by atoms with Crippen molar-refractivity contribution in [2.45, 2.75) is 13.3 Å². The Morgan fingerprint density at radius 3 is 2.76 bits per heavy atom. The maximum Gasteiger partial charge on any atom is 0.281 e. The molecule has 1 atom stereocenters. The second kappa shape index (κ2) is 5.41. The number of nitrogens with zero attached hydrogens (tertiary/aromatic N) is 2. The van der Waals surface area contributed by atoms with E-state index in [0.29, 0.717) is 6.42 Å². The van der Waals surface area contributed by atoms with Gasteiger partial charge in [-0.15, -0.1) is 0 Å². The Morgan fingerprint density at radius 1 is 1.65 bits per heavy atom. The summed E-state index contributed by atoms with van der Waals surface area (Å²) in [7, 11) is 0. The second-order valence-electron chi connectivity index (χ2n) is 3.37. The molecule has 0 radical (unpaired) electrons. The minimum Gasteiger partial charge on any atom is -0.292 e. The molecule has 1 aromatic rings. The molecule has 5 nitrogen and oxygen atoms in total. The summed E-state index contributed by atoms with van der Waals surface area (Å²) in [4.78, 5) is 22.0. The molecule has 1 aromatic carbocycles. The van der Waals surface area contributed by atoms with Crippen LogP contribution in [0, 0.1) is 27.4 Å². The molecule has 0 heterocycles. The van der Waals surface area contributed by atoms with Crippen molar-refractivity contribution in [1.82, 2.24) is 0 Å². The third-order valence-electron chi connectivity index (χ3n) is 2.30. The molecule has 6 heteroatoms. The van der Waals surface area contributed by atoms with Gasteiger partial charge < -0.3 is 0 Å². The van der Waals surface area contributed by atoms with Gasteiger partial charge in [0, 0.05) is 11.1 Å². The fraction of sp³-hybridized carbons (Fsp3) is 0.273. The third-order valence-corrected chi connectivity index (χ3v) is 2.54. The monoisotopic (exact) mass is 252 g/mol. The summed E-state index contributed by atoms with van der Waals surface area (Å²) in [5, 5.41) is 19.7. The van der Waals surface area contributed by atoms with Crippen LogP contribution in [0.15, 0.2) is 18.2 Å². The van der Waals surface area contributed by atoms with Crippen molar-refractivity contribution >= 4 is 23.1 Å². The van der Waals surface area contributed by atoms with Crippen molar-refractivity contribution in [3.63, 3.8) is 0 Å². The maximum absolute atomic E-state index is 11.9. The highest BCUT2D eigenvalue weighted by molar-refractivity contribution is 6.31. The van der Waals surface area contributed by atoms with Crippen LogP contribution in [0.4, 0.5) is 5.69 Å². The van der Waals surface area contributed by atoms with Gasteiger partial charge in [-0.25, -0.2) is 0 Å². The van der Waals surface area contributed by atoms with Crippen molar-refractivity contribution in [2.24, 2.45) is 5.92 Å². The number of ketones is 1. The molecule has 0 bridgehead atoms. The summed E-state index contributed by atoms with van der Waals surface area (Å²) in [6, 6.07) is 5.61. The van der Waals surface area contributed by atoms with Crippen LogP contribution >= 0.6 is 11.6 Å². The lowest BCUT2D eigenvalue weighted by molar-refractivity contribution is -0.385. The van der Waals surface area contributed by atoms with Crippen LogP contribution in [0.5, 0.6) is 0 Å². The Labute approximate surface area is 103 Å².